The van der Waals surface area contributed by atoms with Crippen LogP contribution in [0.15, 0.2) is 40.9 Å². The first-order valence-electron chi connectivity index (χ1n) is 8.45. The Morgan fingerprint density at radius 1 is 1.04 bits per heavy atom. The van der Waals surface area contributed by atoms with Crippen molar-refractivity contribution in [2.24, 2.45) is 0 Å². The lowest BCUT2D eigenvalue weighted by Crippen LogP contribution is -2.48. The fourth-order valence-corrected chi connectivity index (χ4v) is 3.65. The molecule has 0 unspecified atom stereocenters. The Morgan fingerprint density at radius 3 is 2.62 bits per heavy atom. The van der Waals surface area contributed by atoms with E-state index in [1.165, 1.54) is 12.1 Å². The zero-order valence-corrected chi connectivity index (χ0v) is 15.7. The third-order valence-corrected chi connectivity index (χ3v) is 5.35. The van der Waals surface area contributed by atoms with Gasteiger partial charge in [0.2, 0.25) is 6.79 Å². The fraction of sp³-hybridized carbons (Fsp3) is 0.316. The number of hydrogen-bond acceptors (Lipinski definition) is 4. The second-order valence-corrected chi connectivity index (χ2v) is 7.23. The van der Waals surface area contributed by atoms with E-state index in [1.54, 1.807) is 11.0 Å². The van der Waals surface area contributed by atoms with E-state index in [1.807, 2.05) is 18.2 Å². The highest BCUT2D eigenvalue weighted by molar-refractivity contribution is 9.10. The van der Waals surface area contributed by atoms with E-state index in [-0.39, 0.29) is 12.7 Å². The molecule has 2 aromatic rings. The number of halogens is 2. The third-order valence-electron chi connectivity index (χ3n) is 4.66. The van der Waals surface area contributed by atoms with E-state index in [0.717, 1.165) is 36.7 Å². The van der Waals surface area contributed by atoms with Gasteiger partial charge in [-0.1, -0.05) is 6.07 Å². The lowest BCUT2D eigenvalue weighted by molar-refractivity contribution is 0.0627. The summed E-state index contributed by atoms with van der Waals surface area (Å²) in [7, 11) is 0. The fourth-order valence-electron chi connectivity index (χ4n) is 3.24. The van der Waals surface area contributed by atoms with Crippen molar-refractivity contribution in [1.29, 1.82) is 0 Å². The molecule has 7 heteroatoms. The average molecular weight is 421 g/mol. The Bertz CT molecular complexity index is 838. The summed E-state index contributed by atoms with van der Waals surface area (Å²) in [6.45, 7) is 3.84. The molecule has 26 heavy (non-hydrogen) atoms. The maximum atomic E-state index is 13.5. The number of ether oxygens (including phenoxy) is 2. The van der Waals surface area contributed by atoms with E-state index >= 15 is 0 Å². The lowest BCUT2D eigenvalue weighted by Gasteiger charge is -2.35. The summed E-state index contributed by atoms with van der Waals surface area (Å²) in [5, 5.41) is 0. The van der Waals surface area contributed by atoms with Crippen LogP contribution in [0.1, 0.15) is 15.9 Å². The molecule has 136 valence electrons. The first-order valence-corrected chi connectivity index (χ1v) is 9.25. The van der Waals surface area contributed by atoms with Gasteiger partial charge in [-0.05, 0) is 51.8 Å². The van der Waals surface area contributed by atoms with Crippen molar-refractivity contribution in [3.8, 4) is 11.5 Å². The molecule has 0 radical (unpaired) electrons. The van der Waals surface area contributed by atoms with E-state index in [4.69, 9.17) is 9.47 Å². The predicted molar refractivity (Wildman–Crippen MR) is 97.8 cm³/mol. The summed E-state index contributed by atoms with van der Waals surface area (Å²) in [5.74, 6) is 1.02. The van der Waals surface area contributed by atoms with E-state index < -0.39 is 5.82 Å². The number of fused-ring (bicyclic) bond motifs is 1. The Kier molecular flexibility index (Phi) is 4.82. The minimum atomic E-state index is -0.405. The summed E-state index contributed by atoms with van der Waals surface area (Å²) in [5.41, 5.74) is 1.52. The van der Waals surface area contributed by atoms with Gasteiger partial charge < -0.3 is 14.4 Å². The molecule has 1 fully saturated rings. The van der Waals surface area contributed by atoms with Gasteiger partial charge in [0.15, 0.2) is 11.5 Å². The van der Waals surface area contributed by atoms with Crippen LogP contribution in [0.2, 0.25) is 0 Å². The molecule has 2 aliphatic rings. The highest BCUT2D eigenvalue weighted by Crippen LogP contribution is 2.33. The Labute approximate surface area is 159 Å². The van der Waals surface area contributed by atoms with Crippen molar-refractivity contribution in [2.45, 2.75) is 6.54 Å². The van der Waals surface area contributed by atoms with Crippen molar-refractivity contribution >= 4 is 21.8 Å². The molecule has 5 nitrogen and oxygen atoms in total. The number of benzene rings is 2. The van der Waals surface area contributed by atoms with Gasteiger partial charge >= 0.3 is 0 Å². The molecule has 0 bridgehead atoms. The van der Waals surface area contributed by atoms with Crippen LogP contribution in [-0.4, -0.2) is 48.7 Å². The van der Waals surface area contributed by atoms with Crippen LogP contribution in [-0.2, 0) is 6.54 Å². The molecule has 1 amide bonds. The van der Waals surface area contributed by atoms with Gasteiger partial charge in [0, 0.05) is 37.2 Å². The molecule has 0 aromatic heterocycles. The van der Waals surface area contributed by atoms with Crippen molar-refractivity contribution in [2.75, 3.05) is 33.0 Å². The van der Waals surface area contributed by atoms with Gasteiger partial charge in [-0.25, -0.2) is 4.39 Å². The third kappa shape index (κ3) is 3.54. The molecule has 0 N–H and O–H groups in total. The minimum absolute atomic E-state index is 0.140. The molecular weight excluding hydrogens is 403 g/mol. The summed E-state index contributed by atoms with van der Waals surface area (Å²) in [6, 6.07) is 10.2. The van der Waals surface area contributed by atoms with Crippen molar-refractivity contribution < 1.29 is 18.7 Å². The Hall–Kier alpha value is -2.12. The van der Waals surface area contributed by atoms with Gasteiger partial charge in [-0.3, -0.25) is 9.69 Å². The van der Waals surface area contributed by atoms with Crippen LogP contribution in [0.25, 0.3) is 0 Å². The molecule has 2 aliphatic heterocycles. The van der Waals surface area contributed by atoms with Crippen LogP contribution in [0, 0.1) is 5.82 Å². The molecule has 0 saturated carbocycles. The Morgan fingerprint density at radius 2 is 1.81 bits per heavy atom. The SMILES string of the molecule is O=C(c1cc(F)ccc1Br)N1CCN(Cc2ccc3c(c2)OCO3)CC1. The zero-order valence-electron chi connectivity index (χ0n) is 14.1. The number of rotatable bonds is 3. The smallest absolute Gasteiger partial charge is 0.255 e. The highest BCUT2D eigenvalue weighted by atomic mass is 79.9. The molecule has 0 spiro atoms. The topological polar surface area (TPSA) is 42.0 Å². The molecular formula is C19H18BrFN2O3. The van der Waals surface area contributed by atoms with Crippen LogP contribution in [0.4, 0.5) is 4.39 Å². The van der Waals surface area contributed by atoms with Gasteiger partial charge in [0.25, 0.3) is 5.91 Å². The number of nitrogens with zero attached hydrogens (tertiary/aromatic N) is 2. The van der Waals surface area contributed by atoms with Crippen LogP contribution < -0.4 is 9.47 Å². The lowest BCUT2D eigenvalue weighted by atomic mass is 10.1. The molecule has 2 heterocycles. The number of carbonyl (C=O) groups excluding carboxylic acids is 1. The van der Waals surface area contributed by atoms with Crippen LogP contribution in [0.5, 0.6) is 11.5 Å². The van der Waals surface area contributed by atoms with Crippen molar-refractivity contribution in [3.63, 3.8) is 0 Å². The van der Waals surface area contributed by atoms with Crippen molar-refractivity contribution in [3.05, 3.63) is 57.8 Å². The molecule has 1 saturated heterocycles. The molecule has 4 rings (SSSR count). The van der Waals surface area contributed by atoms with E-state index in [9.17, 15) is 9.18 Å². The molecule has 0 atom stereocenters. The first-order chi connectivity index (χ1) is 12.6. The number of piperazine rings is 1. The number of hydrogen-bond donors (Lipinski definition) is 0. The minimum Gasteiger partial charge on any atom is -0.454 e. The van der Waals surface area contributed by atoms with Gasteiger partial charge in [0.05, 0.1) is 5.56 Å². The average Bonchev–Trinajstić information content (AvgIpc) is 3.11. The summed E-state index contributed by atoms with van der Waals surface area (Å²) in [6.07, 6.45) is 0. The van der Waals surface area contributed by atoms with Gasteiger partial charge in [0.1, 0.15) is 5.82 Å². The second kappa shape index (κ2) is 7.25. The maximum absolute atomic E-state index is 13.5. The number of carbonyl (C=O) groups is 1. The zero-order chi connectivity index (χ0) is 18.1. The summed E-state index contributed by atoms with van der Waals surface area (Å²) >= 11 is 3.33. The van der Waals surface area contributed by atoms with Crippen LogP contribution in [0.3, 0.4) is 0 Å². The normalized spacial score (nSPS) is 16.8. The standard InChI is InChI=1S/C19H18BrFN2O3/c20-16-3-2-14(21)10-15(16)19(24)23-7-5-22(6-8-23)11-13-1-4-17-18(9-13)26-12-25-17/h1-4,9-10H,5-8,11-12H2. The quantitative estimate of drug-likeness (QED) is 0.763. The first kappa shape index (κ1) is 17.3. The summed E-state index contributed by atoms with van der Waals surface area (Å²) < 4.78 is 24.8. The Balaban J connectivity index is 1.36. The highest BCUT2D eigenvalue weighted by Gasteiger charge is 2.24. The van der Waals surface area contributed by atoms with E-state index in [2.05, 4.69) is 20.8 Å². The van der Waals surface area contributed by atoms with Crippen molar-refractivity contribution in [1.82, 2.24) is 9.80 Å². The maximum Gasteiger partial charge on any atom is 0.255 e. The van der Waals surface area contributed by atoms with E-state index in [0.29, 0.717) is 23.1 Å². The van der Waals surface area contributed by atoms with Gasteiger partial charge in [-0.2, -0.15) is 0 Å². The monoisotopic (exact) mass is 420 g/mol. The largest absolute Gasteiger partial charge is 0.454 e. The molecule has 0 aliphatic carbocycles. The van der Waals surface area contributed by atoms with Gasteiger partial charge in [-0.15, -0.1) is 0 Å². The second-order valence-electron chi connectivity index (χ2n) is 6.38. The van der Waals surface area contributed by atoms with Crippen LogP contribution >= 0.6 is 15.9 Å². The predicted octanol–water partition coefficient (Wildman–Crippen LogP) is 3.27. The molecule has 2 aromatic carbocycles. The number of amides is 1. The summed E-state index contributed by atoms with van der Waals surface area (Å²) in [4.78, 5) is 16.7.